The number of anilines is 3. The number of benzene rings is 7. The lowest BCUT2D eigenvalue weighted by atomic mass is 9.89. The summed E-state index contributed by atoms with van der Waals surface area (Å²) in [5, 5.41) is 0.756. The summed E-state index contributed by atoms with van der Waals surface area (Å²) >= 11 is 0. The molecule has 0 aliphatic rings. The standard InChI is InChI=1S/C44H30FNO/c45-35-25-28-43-34(29-35)30-44(47-43)33-21-19-31(20-22-33)39-15-7-9-17-41(39)42-18-10-8-16-40(42)32-23-26-38(27-24-32)46(36-11-3-1-4-12-36)37-13-5-2-6-14-37/h1-30H. The van der Waals surface area contributed by atoms with Crippen molar-refractivity contribution in [3.05, 3.63) is 188 Å². The molecule has 0 spiro atoms. The maximum atomic E-state index is 13.7. The highest BCUT2D eigenvalue weighted by atomic mass is 19.1. The molecule has 0 aliphatic heterocycles. The molecule has 0 saturated heterocycles. The number of rotatable bonds is 7. The van der Waals surface area contributed by atoms with Crippen LogP contribution in [0.2, 0.25) is 0 Å². The van der Waals surface area contributed by atoms with Crippen molar-refractivity contribution in [2.24, 2.45) is 0 Å². The van der Waals surface area contributed by atoms with E-state index < -0.39 is 0 Å². The van der Waals surface area contributed by atoms with Crippen LogP contribution < -0.4 is 4.90 Å². The number of hydrogen-bond donors (Lipinski definition) is 0. The zero-order chi connectivity index (χ0) is 31.6. The summed E-state index contributed by atoms with van der Waals surface area (Å²) in [6.07, 6.45) is 0. The fourth-order valence-corrected chi connectivity index (χ4v) is 6.30. The molecular formula is C44H30FNO. The van der Waals surface area contributed by atoms with Gasteiger partial charge in [-0.25, -0.2) is 4.39 Å². The van der Waals surface area contributed by atoms with Crippen LogP contribution in [0, 0.1) is 5.82 Å². The van der Waals surface area contributed by atoms with Crippen LogP contribution in [0.15, 0.2) is 186 Å². The average Bonchev–Trinajstić information content (AvgIpc) is 3.56. The summed E-state index contributed by atoms with van der Waals surface area (Å²) in [4.78, 5) is 2.28. The Morgan fingerprint density at radius 1 is 0.383 bits per heavy atom. The predicted molar refractivity (Wildman–Crippen MR) is 193 cm³/mol. The van der Waals surface area contributed by atoms with E-state index in [0.717, 1.165) is 56.0 Å². The Morgan fingerprint density at radius 2 is 0.830 bits per heavy atom. The zero-order valence-electron chi connectivity index (χ0n) is 25.6. The van der Waals surface area contributed by atoms with Gasteiger partial charge in [-0.05, 0) is 94.0 Å². The third-order valence-electron chi connectivity index (χ3n) is 8.57. The molecule has 7 aromatic carbocycles. The third kappa shape index (κ3) is 5.60. The first-order valence-corrected chi connectivity index (χ1v) is 15.7. The van der Waals surface area contributed by atoms with Gasteiger partial charge in [-0.15, -0.1) is 0 Å². The van der Waals surface area contributed by atoms with Crippen LogP contribution in [0.3, 0.4) is 0 Å². The van der Waals surface area contributed by atoms with Gasteiger partial charge < -0.3 is 9.32 Å². The molecular weight excluding hydrogens is 577 g/mol. The van der Waals surface area contributed by atoms with E-state index in [1.54, 1.807) is 6.07 Å². The highest BCUT2D eigenvalue weighted by molar-refractivity contribution is 5.92. The molecule has 8 aromatic rings. The maximum Gasteiger partial charge on any atom is 0.135 e. The summed E-state index contributed by atoms with van der Waals surface area (Å²) in [7, 11) is 0. The molecule has 8 rings (SSSR count). The van der Waals surface area contributed by atoms with E-state index in [1.807, 2.05) is 18.2 Å². The highest BCUT2D eigenvalue weighted by Gasteiger charge is 2.15. The smallest absolute Gasteiger partial charge is 0.135 e. The van der Waals surface area contributed by atoms with Gasteiger partial charge in [0, 0.05) is 28.0 Å². The zero-order valence-corrected chi connectivity index (χ0v) is 25.6. The molecule has 0 fully saturated rings. The van der Waals surface area contributed by atoms with Gasteiger partial charge in [0.1, 0.15) is 17.2 Å². The van der Waals surface area contributed by atoms with Crippen molar-refractivity contribution in [2.45, 2.75) is 0 Å². The highest BCUT2D eigenvalue weighted by Crippen LogP contribution is 2.40. The molecule has 0 radical (unpaired) electrons. The summed E-state index contributed by atoms with van der Waals surface area (Å²) in [6.45, 7) is 0. The van der Waals surface area contributed by atoms with Crippen LogP contribution in [0.4, 0.5) is 21.5 Å². The lowest BCUT2D eigenvalue weighted by Gasteiger charge is -2.25. The van der Waals surface area contributed by atoms with Gasteiger partial charge in [-0.2, -0.15) is 0 Å². The Kier molecular flexibility index (Phi) is 7.41. The van der Waals surface area contributed by atoms with Gasteiger partial charge in [0.15, 0.2) is 0 Å². The Labute approximate surface area is 273 Å². The van der Waals surface area contributed by atoms with Gasteiger partial charge in [-0.1, -0.05) is 121 Å². The molecule has 1 aromatic heterocycles. The second kappa shape index (κ2) is 12.3. The molecule has 0 unspecified atom stereocenters. The van der Waals surface area contributed by atoms with Crippen LogP contribution in [-0.2, 0) is 0 Å². The van der Waals surface area contributed by atoms with Crippen LogP contribution in [0.1, 0.15) is 0 Å². The minimum atomic E-state index is -0.269. The van der Waals surface area contributed by atoms with Gasteiger partial charge in [-0.3, -0.25) is 0 Å². The second-order valence-corrected chi connectivity index (χ2v) is 11.5. The Bertz CT molecular complexity index is 2250. The summed E-state index contributed by atoms with van der Waals surface area (Å²) < 4.78 is 19.8. The van der Waals surface area contributed by atoms with Crippen LogP contribution in [-0.4, -0.2) is 0 Å². The van der Waals surface area contributed by atoms with Crippen molar-refractivity contribution < 1.29 is 8.81 Å². The predicted octanol–water partition coefficient (Wildman–Crippen LogP) is 12.7. The minimum Gasteiger partial charge on any atom is -0.456 e. The quantitative estimate of drug-likeness (QED) is 0.179. The molecule has 0 N–H and O–H groups in total. The first-order valence-electron chi connectivity index (χ1n) is 15.7. The normalized spacial score (nSPS) is 11.1. The molecule has 2 nitrogen and oxygen atoms in total. The van der Waals surface area contributed by atoms with E-state index in [0.29, 0.717) is 5.58 Å². The fraction of sp³-hybridized carbons (Fsp3) is 0. The minimum absolute atomic E-state index is 0.269. The molecule has 0 atom stereocenters. The Balaban J connectivity index is 1.14. The molecule has 47 heavy (non-hydrogen) atoms. The van der Waals surface area contributed by atoms with E-state index in [1.165, 1.54) is 23.3 Å². The van der Waals surface area contributed by atoms with Gasteiger partial charge in [0.05, 0.1) is 0 Å². The topological polar surface area (TPSA) is 16.4 Å². The van der Waals surface area contributed by atoms with Crippen molar-refractivity contribution in [1.29, 1.82) is 0 Å². The van der Waals surface area contributed by atoms with Crippen molar-refractivity contribution in [3.63, 3.8) is 0 Å². The van der Waals surface area contributed by atoms with E-state index in [9.17, 15) is 4.39 Å². The van der Waals surface area contributed by atoms with Crippen LogP contribution in [0.5, 0.6) is 0 Å². The van der Waals surface area contributed by atoms with Crippen molar-refractivity contribution >= 4 is 28.0 Å². The summed E-state index contributed by atoms with van der Waals surface area (Å²) in [5.41, 5.74) is 11.8. The van der Waals surface area contributed by atoms with Crippen LogP contribution in [0.25, 0.3) is 55.7 Å². The number of nitrogens with zero attached hydrogens (tertiary/aromatic N) is 1. The summed E-state index contributed by atoms with van der Waals surface area (Å²) in [5.74, 6) is 0.451. The van der Waals surface area contributed by atoms with Crippen molar-refractivity contribution in [3.8, 4) is 44.7 Å². The second-order valence-electron chi connectivity index (χ2n) is 11.5. The monoisotopic (exact) mass is 607 g/mol. The number of furan rings is 1. The maximum absolute atomic E-state index is 13.7. The SMILES string of the molecule is Fc1ccc2oc(-c3ccc(-c4ccccc4-c4ccccc4-c4ccc(N(c5ccccc5)c5ccccc5)cc4)cc3)cc2c1. The van der Waals surface area contributed by atoms with Gasteiger partial charge in [0.2, 0.25) is 0 Å². The molecule has 0 bridgehead atoms. The molecule has 0 amide bonds. The summed E-state index contributed by atoms with van der Waals surface area (Å²) in [6, 6.07) is 61.7. The van der Waals surface area contributed by atoms with E-state index in [4.69, 9.17) is 4.42 Å². The number of fused-ring (bicyclic) bond motifs is 1. The van der Waals surface area contributed by atoms with Crippen molar-refractivity contribution in [2.75, 3.05) is 4.90 Å². The van der Waals surface area contributed by atoms with Gasteiger partial charge >= 0.3 is 0 Å². The van der Waals surface area contributed by atoms with Crippen LogP contribution >= 0.6 is 0 Å². The molecule has 224 valence electrons. The molecule has 3 heteroatoms. The Morgan fingerprint density at radius 3 is 1.38 bits per heavy atom. The largest absolute Gasteiger partial charge is 0.456 e. The number of hydrogen-bond acceptors (Lipinski definition) is 2. The number of para-hydroxylation sites is 2. The Hall–Kier alpha value is -6.19. The van der Waals surface area contributed by atoms with E-state index in [2.05, 4.69) is 150 Å². The fourth-order valence-electron chi connectivity index (χ4n) is 6.30. The third-order valence-corrected chi connectivity index (χ3v) is 8.57. The van der Waals surface area contributed by atoms with E-state index >= 15 is 0 Å². The molecule has 1 heterocycles. The molecule has 0 saturated carbocycles. The lowest BCUT2D eigenvalue weighted by molar-refractivity contribution is 0.619. The first kappa shape index (κ1) is 28.3. The average molecular weight is 608 g/mol. The lowest BCUT2D eigenvalue weighted by Crippen LogP contribution is -2.09. The van der Waals surface area contributed by atoms with Gasteiger partial charge in [0.25, 0.3) is 0 Å². The van der Waals surface area contributed by atoms with Crippen molar-refractivity contribution in [1.82, 2.24) is 0 Å². The molecule has 0 aliphatic carbocycles. The first-order chi connectivity index (χ1) is 23.2. The van der Waals surface area contributed by atoms with E-state index in [-0.39, 0.29) is 5.82 Å². The number of halogens is 1.